The van der Waals surface area contributed by atoms with Gasteiger partial charge >= 0.3 is 6.09 Å². The standard InChI is InChI=1S/C15H20BrClN2O2/c1-15(2,3)21-14(20)19-8-11(9-19)18-7-10-4-5-13(17)12(16)6-10/h4-6,11,18H,7-9H2,1-3H3. The Hall–Kier alpha value is -0.780. The highest BCUT2D eigenvalue weighted by atomic mass is 79.9. The van der Waals surface area contributed by atoms with Gasteiger partial charge in [0.05, 0.1) is 5.02 Å². The number of rotatable bonds is 3. The Morgan fingerprint density at radius 2 is 2.14 bits per heavy atom. The first-order chi connectivity index (χ1) is 9.74. The first-order valence-corrected chi connectivity index (χ1v) is 8.07. The topological polar surface area (TPSA) is 41.6 Å². The molecule has 0 radical (unpaired) electrons. The highest BCUT2D eigenvalue weighted by Gasteiger charge is 2.33. The summed E-state index contributed by atoms with van der Waals surface area (Å²) in [5.74, 6) is 0. The number of halogens is 2. The van der Waals surface area contributed by atoms with Crippen LogP contribution in [0.3, 0.4) is 0 Å². The molecule has 6 heteroatoms. The lowest BCUT2D eigenvalue weighted by Gasteiger charge is -2.40. The Balaban J connectivity index is 1.73. The van der Waals surface area contributed by atoms with Gasteiger partial charge in [0.1, 0.15) is 5.60 Å². The smallest absolute Gasteiger partial charge is 0.410 e. The fourth-order valence-corrected chi connectivity index (χ4v) is 2.54. The molecule has 0 spiro atoms. The molecule has 1 N–H and O–H groups in total. The van der Waals surface area contributed by atoms with E-state index in [1.807, 2.05) is 39.0 Å². The van der Waals surface area contributed by atoms with E-state index in [-0.39, 0.29) is 6.09 Å². The van der Waals surface area contributed by atoms with Crippen LogP contribution < -0.4 is 5.32 Å². The zero-order valence-electron chi connectivity index (χ0n) is 12.5. The van der Waals surface area contributed by atoms with Crippen molar-refractivity contribution in [3.63, 3.8) is 0 Å². The number of nitrogens with zero attached hydrogens (tertiary/aromatic N) is 1. The van der Waals surface area contributed by atoms with Gasteiger partial charge in [0.2, 0.25) is 0 Å². The quantitative estimate of drug-likeness (QED) is 0.873. The molecule has 1 aromatic rings. The third-order valence-corrected chi connectivity index (χ3v) is 4.33. The maximum Gasteiger partial charge on any atom is 0.410 e. The fraction of sp³-hybridized carbons (Fsp3) is 0.533. The second-order valence-electron chi connectivity index (χ2n) is 6.21. The lowest BCUT2D eigenvalue weighted by molar-refractivity contribution is 0.00519. The molecule has 2 rings (SSSR count). The van der Waals surface area contributed by atoms with Gasteiger partial charge in [-0.3, -0.25) is 0 Å². The molecule has 0 aliphatic carbocycles. The number of nitrogens with one attached hydrogen (secondary N) is 1. The lowest BCUT2D eigenvalue weighted by Crippen LogP contribution is -2.60. The Kier molecular flexibility index (Phi) is 5.17. The first kappa shape index (κ1) is 16.6. The molecule has 21 heavy (non-hydrogen) atoms. The number of benzene rings is 1. The maximum atomic E-state index is 11.8. The Morgan fingerprint density at radius 1 is 1.48 bits per heavy atom. The predicted molar refractivity (Wildman–Crippen MR) is 87.6 cm³/mol. The minimum atomic E-state index is -0.439. The minimum absolute atomic E-state index is 0.241. The summed E-state index contributed by atoms with van der Waals surface area (Å²) >= 11 is 9.37. The van der Waals surface area contributed by atoms with Crippen LogP contribution in [0.1, 0.15) is 26.3 Å². The summed E-state index contributed by atoms with van der Waals surface area (Å²) in [7, 11) is 0. The van der Waals surface area contributed by atoms with E-state index in [2.05, 4.69) is 21.2 Å². The average Bonchev–Trinajstić information content (AvgIpc) is 2.29. The van der Waals surface area contributed by atoms with Crippen LogP contribution in [0.4, 0.5) is 4.79 Å². The molecule has 0 bridgehead atoms. The summed E-state index contributed by atoms with van der Waals surface area (Å²) in [5.41, 5.74) is 0.715. The van der Waals surface area contributed by atoms with E-state index in [9.17, 15) is 4.79 Å². The van der Waals surface area contributed by atoms with Crippen molar-refractivity contribution in [2.75, 3.05) is 13.1 Å². The Morgan fingerprint density at radius 3 is 2.71 bits per heavy atom. The Bertz CT molecular complexity index is 525. The number of carbonyl (C=O) groups is 1. The second kappa shape index (κ2) is 6.55. The van der Waals surface area contributed by atoms with Gasteiger partial charge in [-0.15, -0.1) is 0 Å². The molecule has 116 valence electrons. The van der Waals surface area contributed by atoms with E-state index in [0.29, 0.717) is 24.2 Å². The average molecular weight is 376 g/mol. The van der Waals surface area contributed by atoms with Crippen molar-refractivity contribution in [3.05, 3.63) is 33.3 Å². The lowest BCUT2D eigenvalue weighted by atomic mass is 10.1. The molecule has 1 amide bonds. The van der Waals surface area contributed by atoms with E-state index >= 15 is 0 Å². The van der Waals surface area contributed by atoms with Crippen LogP contribution in [-0.2, 0) is 11.3 Å². The van der Waals surface area contributed by atoms with Crippen LogP contribution in [0, 0.1) is 0 Å². The summed E-state index contributed by atoms with van der Waals surface area (Å²) < 4.78 is 6.22. The van der Waals surface area contributed by atoms with Gasteiger partial charge in [-0.25, -0.2) is 4.79 Å². The van der Waals surface area contributed by atoms with Crippen LogP contribution in [-0.4, -0.2) is 35.7 Å². The second-order valence-corrected chi connectivity index (χ2v) is 7.47. The molecular weight excluding hydrogens is 356 g/mol. The number of ether oxygens (including phenoxy) is 1. The predicted octanol–water partition coefficient (Wildman–Crippen LogP) is 3.81. The number of amides is 1. The number of hydrogen-bond donors (Lipinski definition) is 1. The molecule has 0 saturated carbocycles. The molecule has 1 saturated heterocycles. The summed E-state index contributed by atoms with van der Waals surface area (Å²) in [4.78, 5) is 13.5. The monoisotopic (exact) mass is 374 g/mol. The third kappa shape index (κ3) is 4.87. The highest BCUT2D eigenvalue weighted by Crippen LogP contribution is 2.23. The summed E-state index contributed by atoms with van der Waals surface area (Å²) in [6.45, 7) is 7.74. The van der Waals surface area contributed by atoms with Crippen molar-refractivity contribution in [2.24, 2.45) is 0 Å². The van der Waals surface area contributed by atoms with Gasteiger partial charge in [-0.2, -0.15) is 0 Å². The molecule has 1 aliphatic heterocycles. The van der Waals surface area contributed by atoms with Crippen LogP contribution in [0.15, 0.2) is 22.7 Å². The Labute approximate surface area is 138 Å². The summed E-state index contributed by atoms with van der Waals surface area (Å²) in [6, 6.07) is 6.17. The molecule has 1 fully saturated rings. The van der Waals surface area contributed by atoms with Gasteiger partial charge in [-0.05, 0) is 54.4 Å². The molecule has 1 heterocycles. The van der Waals surface area contributed by atoms with Crippen molar-refractivity contribution < 1.29 is 9.53 Å². The fourth-order valence-electron chi connectivity index (χ4n) is 2.00. The summed E-state index contributed by atoms with van der Waals surface area (Å²) in [5, 5.41) is 4.12. The molecule has 0 unspecified atom stereocenters. The van der Waals surface area contributed by atoms with Gasteiger partial charge in [0.15, 0.2) is 0 Å². The zero-order valence-corrected chi connectivity index (χ0v) is 14.8. The van der Waals surface area contributed by atoms with Gasteiger partial charge in [0.25, 0.3) is 0 Å². The molecule has 0 aromatic heterocycles. The number of carbonyl (C=O) groups excluding carboxylic acids is 1. The van der Waals surface area contributed by atoms with Crippen molar-refractivity contribution in [3.8, 4) is 0 Å². The van der Waals surface area contributed by atoms with Gasteiger partial charge in [-0.1, -0.05) is 17.7 Å². The minimum Gasteiger partial charge on any atom is -0.444 e. The SMILES string of the molecule is CC(C)(C)OC(=O)N1CC(NCc2ccc(Cl)c(Br)c2)C1. The number of hydrogen-bond acceptors (Lipinski definition) is 3. The van der Waals surface area contributed by atoms with Crippen molar-refractivity contribution in [1.29, 1.82) is 0 Å². The van der Waals surface area contributed by atoms with E-state index < -0.39 is 5.60 Å². The highest BCUT2D eigenvalue weighted by molar-refractivity contribution is 9.10. The first-order valence-electron chi connectivity index (χ1n) is 6.90. The normalized spacial score (nSPS) is 15.8. The molecule has 0 atom stereocenters. The van der Waals surface area contributed by atoms with Crippen LogP contribution in [0.25, 0.3) is 0 Å². The van der Waals surface area contributed by atoms with E-state index in [1.54, 1.807) is 4.90 Å². The summed E-state index contributed by atoms with van der Waals surface area (Å²) in [6.07, 6.45) is -0.241. The van der Waals surface area contributed by atoms with E-state index in [1.165, 1.54) is 0 Å². The van der Waals surface area contributed by atoms with Gasteiger partial charge in [0, 0.05) is 30.1 Å². The van der Waals surface area contributed by atoms with E-state index in [0.717, 1.165) is 16.6 Å². The molecule has 1 aromatic carbocycles. The molecular formula is C15H20BrClN2O2. The largest absolute Gasteiger partial charge is 0.444 e. The van der Waals surface area contributed by atoms with Crippen LogP contribution >= 0.6 is 27.5 Å². The number of likely N-dealkylation sites (tertiary alicyclic amines) is 1. The molecule has 4 nitrogen and oxygen atoms in total. The van der Waals surface area contributed by atoms with E-state index in [4.69, 9.17) is 16.3 Å². The van der Waals surface area contributed by atoms with Crippen molar-refractivity contribution in [1.82, 2.24) is 10.2 Å². The van der Waals surface area contributed by atoms with Gasteiger partial charge < -0.3 is 15.0 Å². The third-order valence-electron chi connectivity index (χ3n) is 3.11. The molecule has 1 aliphatic rings. The maximum absolute atomic E-state index is 11.8. The van der Waals surface area contributed by atoms with Crippen molar-refractivity contribution in [2.45, 2.75) is 39.0 Å². The van der Waals surface area contributed by atoms with Crippen LogP contribution in [0.2, 0.25) is 5.02 Å². The van der Waals surface area contributed by atoms with Crippen LogP contribution in [0.5, 0.6) is 0 Å². The zero-order chi connectivity index (χ0) is 15.6. The van der Waals surface area contributed by atoms with Crippen molar-refractivity contribution >= 4 is 33.6 Å².